The van der Waals surface area contributed by atoms with Gasteiger partial charge in [-0.2, -0.15) is 0 Å². The van der Waals surface area contributed by atoms with E-state index in [1.807, 2.05) is 18.2 Å². The Bertz CT molecular complexity index is 2920. The van der Waals surface area contributed by atoms with Crippen LogP contribution in [0.5, 0.6) is 74.7 Å². The Kier molecular flexibility index (Phi) is 13.8. The number of aliphatic hydroxyl groups excluding tert-OH is 3. The number of methoxy groups -OCH3 is 10. The molecule has 8 atom stereocenters. The molecule has 0 unspecified atom stereocenters. The quantitative estimate of drug-likeness (QED) is 0.0898. The summed E-state index contributed by atoms with van der Waals surface area (Å²) in [6.45, 7) is 0. The molecule has 6 aromatic carbocycles. The molecule has 71 heavy (non-hydrogen) atoms. The first-order chi connectivity index (χ1) is 34.5. The van der Waals surface area contributed by atoms with Gasteiger partial charge in [-0.25, -0.2) is 0 Å². The summed E-state index contributed by atoms with van der Waals surface area (Å²) in [4.78, 5) is 0. The summed E-state index contributed by atoms with van der Waals surface area (Å²) >= 11 is 0. The number of aliphatic hydroxyl groups is 3. The molecular formula is C55H58O16. The molecule has 0 aliphatic carbocycles. The van der Waals surface area contributed by atoms with Crippen LogP contribution in [-0.2, 0) is 6.42 Å². The number of hydrogen-bond acceptors (Lipinski definition) is 16. The fraction of sp³-hybridized carbons (Fsp3) is 0.345. The van der Waals surface area contributed by atoms with Crippen LogP contribution in [0.25, 0.3) is 0 Å². The van der Waals surface area contributed by atoms with E-state index in [2.05, 4.69) is 0 Å². The molecule has 0 fully saturated rings. The van der Waals surface area contributed by atoms with Crippen molar-refractivity contribution in [2.75, 3.05) is 71.1 Å². The molecule has 9 rings (SSSR count). The predicted molar refractivity (Wildman–Crippen MR) is 260 cm³/mol. The lowest BCUT2D eigenvalue weighted by atomic mass is 9.72. The summed E-state index contributed by atoms with van der Waals surface area (Å²) in [5.41, 5.74) is 4.14. The smallest absolute Gasteiger partial charge is 0.161 e. The zero-order valence-corrected chi connectivity index (χ0v) is 41.1. The molecule has 0 radical (unpaired) electrons. The first-order valence-corrected chi connectivity index (χ1v) is 22.9. The Morgan fingerprint density at radius 1 is 0.394 bits per heavy atom. The summed E-state index contributed by atoms with van der Waals surface area (Å²) in [5.74, 6) is 3.44. The van der Waals surface area contributed by atoms with Crippen molar-refractivity contribution in [3.05, 3.63) is 136 Å². The zero-order chi connectivity index (χ0) is 50.2. The molecule has 0 saturated carbocycles. The van der Waals surface area contributed by atoms with Crippen LogP contribution < -0.4 is 61.6 Å². The molecule has 16 heteroatoms. The van der Waals surface area contributed by atoms with Crippen LogP contribution in [0.3, 0.4) is 0 Å². The van der Waals surface area contributed by atoms with Crippen LogP contribution in [0, 0.1) is 0 Å². The maximum absolute atomic E-state index is 13.3. The highest BCUT2D eigenvalue weighted by atomic mass is 16.5. The van der Waals surface area contributed by atoms with E-state index in [-0.39, 0.29) is 17.9 Å². The van der Waals surface area contributed by atoms with E-state index in [4.69, 9.17) is 61.6 Å². The molecule has 3 heterocycles. The van der Waals surface area contributed by atoms with Gasteiger partial charge in [-0.3, -0.25) is 0 Å². The highest BCUT2D eigenvalue weighted by Gasteiger charge is 2.51. The Morgan fingerprint density at radius 2 is 0.845 bits per heavy atom. The van der Waals surface area contributed by atoms with Crippen molar-refractivity contribution in [1.82, 2.24) is 0 Å². The topological polar surface area (TPSA) is 181 Å². The molecule has 0 bridgehead atoms. The Labute approximate surface area is 411 Å². The van der Waals surface area contributed by atoms with Gasteiger partial charge in [0.2, 0.25) is 0 Å². The minimum atomic E-state index is -1.37. The van der Waals surface area contributed by atoms with E-state index in [1.165, 1.54) is 28.4 Å². The van der Waals surface area contributed by atoms with Gasteiger partial charge in [0.15, 0.2) is 46.7 Å². The number of fused-ring (bicyclic) bond motifs is 3. The van der Waals surface area contributed by atoms with Crippen LogP contribution >= 0.6 is 0 Å². The standard InChI is InChI=1S/C55H58O16/c1-59-30-14-16-32(39(24-30)64-6)44-46-53(68-10)34-26-35(56)50(27-11-18-36(61-3)41(21-27)65-7)70-54(34)47(55(46)71-52(49(44)58)29-13-20-38(63-5)43(23-29)67-9)45-33-17-15-31(60-2)25-40(33)69-51(48(45)57)28-12-19-37(62-4)42(22-28)66-8/h11-25,35,44-45,48-52,56-58H,26H2,1-10H3/t35-,44+,45-,48-,49-,50+,51+,52+/m0/s1. The lowest BCUT2D eigenvalue weighted by Crippen LogP contribution is -2.40. The van der Waals surface area contributed by atoms with Crippen molar-refractivity contribution in [3.63, 3.8) is 0 Å². The summed E-state index contributed by atoms with van der Waals surface area (Å²) in [7, 11) is 15.4. The number of ether oxygens (including phenoxy) is 13. The summed E-state index contributed by atoms with van der Waals surface area (Å²) in [5, 5.41) is 38.7. The molecule has 0 saturated heterocycles. The van der Waals surface area contributed by atoms with E-state index in [0.29, 0.717) is 108 Å². The van der Waals surface area contributed by atoms with Gasteiger partial charge in [0.05, 0.1) is 77.2 Å². The van der Waals surface area contributed by atoms with E-state index >= 15 is 0 Å². The van der Waals surface area contributed by atoms with Crippen molar-refractivity contribution in [1.29, 1.82) is 0 Å². The molecule has 3 aliphatic heterocycles. The summed E-state index contributed by atoms with van der Waals surface area (Å²) < 4.78 is 79.2. The third-order valence-corrected chi connectivity index (χ3v) is 13.7. The van der Waals surface area contributed by atoms with E-state index in [1.54, 1.807) is 115 Å². The third kappa shape index (κ3) is 8.38. The molecule has 6 aromatic rings. The van der Waals surface area contributed by atoms with Crippen molar-refractivity contribution < 1.29 is 76.9 Å². The maximum Gasteiger partial charge on any atom is 0.161 e. The second-order valence-corrected chi connectivity index (χ2v) is 17.2. The van der Waals surface area contributed by atoms with Gasteiger partial charge >= 0.3 is 0 Å². The minimum absolute atomic E-state index is 0.00730. The van der Waals surface area contributed by atoms with Gasteiger partial charge in [-0.05, 0) is 65.2 Å². The Hall–Kier alpha value is -7.40. The lowest BCUT2D eigenvalue weighted by Gasteiger charge is -2.45. The SMILES string of the molecule is COc1ccc([C@@H]2c3c(OC)c4c(c([C@@H]5c6ccc(OC)cc6O[C@H](c6ccc(OC)c(OC)c6)[C@H]5O)c3O[C@H](c3ccc(OC)c(OC)c3)[C@H]2O)O[C@H](c2ccc(OC)c(OC)c2)[C@@H](O)C4)c(OC)c1. The second kappa shape index (κ2) is 20.1. The van der Waals surface area contributed by atoms with Crippen molar-refractivity contribution >= 4 is 0 Å². The normalized spacial score (nSPS) is 21.9. The predicted octanol–water partition coefficient (Wildman–Crippen LogP) is 8.06. The van der Waals surface area contributed by atoms with Crippen molar-refractivity contribution in [2.45, 2.75) is 54.9 Å². The fourth-order valence-corrected chi connectivity index (χ4v) is 10.3. The van der Waals surface area contributed by atoms with Crippen molar-refractivity contribution in [2.24, 2.45) is 0 Å². The van der Waals surface area contributed by atoms with E-state index in [0.717, 1.165) is 0 Å². The largest absolute Gasteiger partial charge is 0.497 e. The Balaban J connectivity index is 1.39. The second-order valence-electron chi connectivity index (χ2n) is 17.2. The zero-order valence-electron chi connectivity index (χ0n) is 41.1. The number of rotatable bonds is 15. The van der Waals surface area contributed by atoms with Crippen LogP contribution in [0.2, 0.25) is 0 Å². The molecule has 16 nitrogen and oxygen atoms in total. The van der Waals surface area contributed by atoms with Gasteiger partial charge < -0.3 is 76.9 Å². The average molecular weight is 975 g/mol. The van der Waals surface area contributed by atoms with Gasteiger partial charge in [-0.15, -0.1) is 0 Å². The Morgan fingerprint density at radius 3 is 1.34 bits per heavy atom. The van der Waals surface area contributed by atoms with Crippen molar-refractivity contribution in [3.8, 4) is 74.7 Å². The first kappa shape index (κ1) is 48.6. The minimum Gasteiger partial charge on any atom is -0.497 e. The average Bonchev–Trinajstić information content (AvgIpc) is 3.41. The summed E-state index contributed by atoms with van der Waals surface area (Å²) in [6.07, 6.45) is -6.94. The third-order valence-electron chi connectivity index (χ3n) is 13.7. The highest BCUT2D eigenvalue weighted by Crippen LogP contribution is 2.62. The molecule has 0 amide bonds. The highest BCUT2D eigenvalue weighted by molar-refractivity contribution is 5.72. The molecule has 0 spiro atoms. The lowest BCUT2D eigenvalue weighted by molar-refractivity contribution is -0.00837. The molecule has 374 valence electrons. The number of benzene rings is 6. The van der Waals surface area contributed by atoms with Gasteiger partial charge in [0.1, 0.15) is 58.6 Å². The molecular weight excluding hydrogens is 917 g/mol. The molecule has 3 aliphatic rings. The molecule has 0 aromatic heterocycles. The van der Waals surface area contributed by atoms with Gasteiger partial charge in [0, 0.05) is 58.2 Å². The van der Waals surface area contributed by atoms with Gasteiger partial charge in [0.25, 0.3) is 0 Å². The first-order valence-electron chi connectivity index (χ1n) is 22.9. The maximum atomic E-state index is 13.3. The van der Waals surface area contributed by atoms with Crippen LogP contribution in [0.1, 0.15) is 74.7 Å². The summed E-state index contributed by atoms with van der Waals surface area (Å²) in [6, 6.07) is 26.7. The van der Waals surface area contributed by atoms with E-state index in [9.17, 15) is 15.3 Å². The number of hydrogen-bond donors (Lipinski definition) is 3. The molecule has 3 N–H and O–H groups in total. The fourth-order valence-electron chi connectivity index (χ4n) is 10.3. The van der Waals surface area contributed by atoms with E-state index < -0.39 is 48.5 Å². The van der Waals surface area contributed by atoms with Crippen LogP contribution in [0.15, 0.2) is 91.0 Å². The van der Waals surface area contributed by atoms with Crippen LogP contribution in [-0.4, -0.2) is 105 Å². The monoisotopic (exact) mass is 974 g/mol. The van der Waals surface area contributed by atoms with Gasteiger partial charge in [-0.1, -0.05) is 30.3 Å². The van der Waals surface area contributed by atoms with Crippen LogP contribution in [0.4, 0.5) is 0 Å².